The van der Waals surface area contributed by atoms with Gasteiger partial charge in [-0.15, -0.1) is 0 Å². The van der Waals surface area contributed by atoms with Crippen LogP contribution in [0.5, 0.6) is 0 Å². The van der Waals surface area contributed by atoms with Crippen LogP contribution in [0.3, 0.4) is 0 Å². The highest BCUT2D eigenvalue weighted by atomic mass is 32.2. The van der Waals surface area contributed by atoms with Gasteiger partial charge in [-0.2, -0.15) is 8.42 Å². The summed E-state index contributed by atoms with van der Waals surface area (Å²) < 4.78 is 53.9. The van der Waals surface area contributed by atoms with Crippen LogP contribution in [0.25, 0.3) is 0 Å². The molecule has 0 amide bonds. The molecule has 1 aliphatic rings. The highest BCUT2D eigenvalue weighted by Gasteiger charge is 2.46. The Balaban J connectivity index is 2.46. The van der Waals surface area contributed by atoms with Crippen LogP contribution in [0.4, 0.5) is 0 Å². The summed E-state index contributed by atoms with van der Waals surface area (Å²) in [5, 5.41) is 30.8. The molecule has 0 aromatic heterocycles. The molecule has 0 saturated carbocycles. The fourth-order valence-corrected chi connectivity index (χ4v) is 7.49. The van der Waals surface area contributed by atoms with Crippen molar-refractivity contribution in [1.29, 1.82) is 0 Å². The number of hydrogen-bond acceptors (Lipinski definition) is 11. The van der Waals surface area contributed by atoms with Crippen LogP contribution in [0.15, 0.2) is 0 Å². The smallest absolute Gasteiger partial charge is 0.306 e. The van der Waals surface area contributed by atoms with Crippen molar-refractivity contribution >= 4 is 22.1 Å². The maximum Gasteiger partial charge on any atom is 0.306 e. The van der Waals surface area contributed by atoms with E-state index < -0.39 is 71.2 Å². The number of ether oxygens (including phenoxy) is 4. The van der Waals surface area contributed by atoms with E-state index in [2.05, 4.69) is 13.8 Å². The molecule has 320 valence electrons. The van der Waals surface area contributed by atoms with E-state index >= 15 is 0 Å². The number of carbonyl (C=O) groups excluding carboxylic acids is 2. The minimum Gasteiger partial charge on any atom is -0.462 e. The van der Waals surface area contributed by atoms with Gasteiger partial charge in [-0.1, -0.05) is 168 Å². The fraction of sp³-hybridized carbons (Fsp3) is 0.951. The van der Waals surface area contributed by atoms with Gasteiger partial charge in [0.2, 0.25) is 0 Å². The first-order valence-electron chi connectivity index (χ1n) is 21.6. The zero-order chi connectivity index (χ0) is 39.9. The first kappa shape index (κ1) is 50.7. The highest BCUT2D eigenvalue weighted by molar-refractivity contribution is 7.85. The third-order valence-corrected chi connectivity index (χ3v) is 10.9. The maximum atomic E-state index is 12.8. The lowest BCUT2D eigenvalue weighted by Gasteiger charge is -2.40. The predicted molar refractivity (Wildman–Crippen MR) is 211 cm³/mol. The normalized spacial score (nSPS) is 20.9. The zero-order valence-electron chi connectivity index (χ0n) is 33.8. The summed E-state index contributed by atoms with van der Waals surface area (Å²) in [6.45, 7) is 3.76. The quantitative estimate of drug-likeness (QED) is 0.0272. The summed E-state index contributed by atoms with van der Waals surface area (Å²) in [4.78, 5) is 25.3. The SMILES string of the molecule is CCCCCCCCCCCCCCCC(=O)OC[C@H](CO[C@@H]1O[C@@H](CS(=O)(=O)O)[C@H](O)C(O)C1O)OC(=O)CCCCCCCCCCCCCCC. The number of aliphatic hydroxyl groups is 3. The fourth-order valence-electron chi connectivity index (χ4n) is 6.79. The highest BCUT2D eigenvalue weighted by Crippen LogP contribution is 2.24. The standard InChI is InChI=1S/C41H78O12S/c1-3-5-7-9-11-13-15-17-19-21-23-25-27-29-36(42)50-31-34(32-51-41-40(46)39(45)38(44)35(53-41)33-54(47,48)49)52-37(43)30-28-26-24-22-20-18-16-14-12-10-8-6-4-2/h34-35,38-41,44-46H,3-33H2,1-2H3,(H,47,48,49)/t34-,35+,38+,39?,40?,41-/m1/s1. The van der Waals surface area contributed by atoms with Gasteiger partial charge in [0.1, 0.15) is 36.8 Å². The Morgan fingerprint density at radius 1 is 0.556 bits per heavy atom. The van der Waals surface area contributed by atoms with Crippen LogP contribution in [0.1, 0.15) is 194 Å². The van der Waals surface area contributed by atoms with E-state index in [0.29, 0.717) is 12.8 Å². The first-order chi connectivity index (χ1) is 26.0. The number of rotatable bonds is 36. The number of unbranched alkanes of at least 4 members (excludes halogenated alkanes) is 24. The molecule has 12 nitrogen and oxygen atoms in total. The molecule has 54 heavy (non-hydrogen) atoms. The second kappa shape index (κ2) is 32.7. The molecule has 1 aliphatic heterocycles. The predicted octanol–water partition coefficient (Wildman–Crippen LogP) is 8.12. The molecule has 0 spiro atoms. The summed E-state index contributed by atoms with van der Waals surface area (Å²) >= 11 is 0. The van der Waals surface area contributed by atoms with Crippen molar-refractivity contribution in [3.05, 3.63) is 0 Å². The van der Waals surface area contributed by atoms with Gasteiger partial charge in [-0.3, -0.25) is 14.1 Å². The minimum atomic E-state index is -4.59. The Labute approximate surface area is 327 Å². The van der Waals surface area contributed by atoms with Gasteiger partial charge >= 0.3 is 11.9 Å². The van der Waals surface area contributed by atoms with E-state index in [1.807, 2.05) is 0 Å². The van der Waals surface area contributed by atoms with Crippen molar-refractivity contribution in [2.45, 2.75) is 230 Å². The number of esters is 2. The van der Waals surface area contributed by atoms with Gasteiger partial charge in [0.15, 0.2) is 12.4 Å². The maximum absolute atomic E-state index is 12.8. The van der Waals surface area contributed by atoms with Crippen LogP contribution in [0.2, 0.25) is 0 Å². The van der Waals surface area contributed by atoms with Crippen molar-refractivity contribution in [3.63, 3.8) is 0 Å². The molecule has 13 heteroatoms. The van der Waals surface area contributed by atoms with Crippen molar-refractivity contribution in [1.82, 2.24) is 0 Å². The van der Waals surface area contributed by atoms with Gasteiger partial charge in [0.25, 0.3) is 10.1 Å². The van der Waals surface area contributed by atoms with Gasteiger partial charge in [-0.25, -0.2) is 0 Å². The van der Waals surface area contributed by atoms with Crippen molar-refractivity contribution < 1.29 is 56.8 Å². The summed E-state index contributed by atoms with van der Waals surface area (Å²) in [7, 11) is -4.59. The lowest BCUT2D eigenvalue weighted by molar-refractivity contribution is -0.297. The lowest BCUT2D eigenvalue weighted by atomic mass is 10.00. The molecule has 1 fully saturated rings. The lowest BCUT2D eigenvalue weighted by Crippen LogP contribution is -2.60. The van der Waals surface area contributed by atoms with Gasteiger partial charge in [0.05, 0.1) is 6.61 Å². The first-order valence-corrected chi connectivity index (χ1v) is 23.2. The van der Waals surface area contributed by atoms with Gasteiger partial charge < -0.3 is 34.3 Å². The van der Waals surface area contributed by atoms with E-state index in [0.717, 1.165) is 38.5 Å². The second-order valence-electron chi connectivity index (χ2n) is 15.4. The Bertz CT molecular complexity index is 1030. The van der Waals surface area contributed by atoms with E-state index in [1.54, 1.807) is 0 Å². The Morgan fingerprint density at radius 2 is 0.944 bits per heavy atom. The van der Waals surface area contributed by atoms with E-state index in [-0.39, 0.29) is 19.4 Å². The zero-order valence-corrected chi connectivity index (χ0v) is 34.7. The topological polar surface area (TPSA) is 186 Å². The molecule has 0 radical (unpaired) electrons. The van der Waals surface area contributed by atoms with Crippen LogP contribution < -0.4 is 0 Å². The monoisotopic (exact) mass is 795 g/mol. The van der Waals surface area contributed by atoms with Crippen LogP contribution in [-0.2, 0) is 38.7 Å². The van der Waals surface area contributed by atoms with Crippen molar-refractivity contribution in [2.75, 3.05) is 19.0 Å². The van der Waals surface area contributed by atoms with Crippen molar-refractivity contribution in [2.24, 2.45) is 0 Å². The number of hydrogen-bond donors (Lipinski definition) is 4. The van der Waals surface area contributed by atoms with Crippen LogP contribution in [-0.4, -0.2) is 96.0 Å². The Kier molecular flexibility index (Phi) is 30.7. The van der Waals surface area contributed by atoms with Gasteiger partial charge in [0, 0.05) is 12.8 Å². The van der Waals surface area contributed by atoms with E-state index in [1.165, 1.54) is 116 Å². The summed E-state index contributed by atoms with van der Waals surface area (Å²) in [6, 6.07) is 0. The third kappa shape index (κ3) is 27.3. The Hall–Kier alpha value is -1.35. The van der Waals surface area contributed by atoms with Gasteiger partial charge in [-0.05, 0) is 12.8 Å². The molecule has 1 heterocycles. The van der Waals surface area contributed by atoms with Crippen molar-refractivity contribution in [3.8, 4) is 0 Å². The van der Waals surface area contributed by atoms with Crippen LogP contribution in [0, 0.1) is 0 Å². The second-order valence-corrected chi connectivity index (χ2v) is 16.9. The molecule has 2 unspecified atom stereocenters. The third-order valence-electron chi connectivity index (χ3n) is 10.2. The molecule has 6 atom stereocenters. The molecule has 0 bridgehead atoms. The molecule has 0 aliphatic carbocycles. The number of aliphatic hydroxyl groups excluding tert-OH is 3. The molecule has 0 aromatic rings. The summed E-state index contributed by atoms with van der Waals surface area (Å²) in [5.74, 6) is -1.97. The Morgan fingerprint density at radius 3 is 1.35 bits per heavy atom. The minimum absolute atomic E-state index is 0.172. The summed E-state index contributed by atoms with van der Waals surface area (Å²) in [6.07, 6.45) is 21.5. The molecule has 0 aromatic carbocycles. The number of carbonyl (C=O) groups is 2. The largest absolute Gasteiger partial charge is 0.462 e. The molecular formula is C41H78O12S. The average Bonchev–Trinajstić information content (AvgIpc) is 3.13. The van der Waals surface area contributed by atoms with Crippen LogP contribution >= 0.6 is 0 Å². The van der Waals surface area contributed by atoms with E-state index in [9.17, 15) is 37.9 Å². The molecular weight excluding hydrogens is 717 g/mol. The van der Waals surface area contributed by atoms with E-state index in [4.69, 9.17) is 18.9 Å². The molecule has 1 rings (SSSR count). The average molecular weight is 795 g/mol. The summed E-state index contributed by atoms with van der Waals surface area (Å²) in [5.41, 5.74) is 0. The molecule has 4 N–H and O–H groups in total. The molecule has 1 saturated heterocycles.